The molecule has 2 aromatic heterocycles. The molecule has 3 rings (SSSR count). The van der Waals surface area contributed by atoms with Gasteiger partial charge in [0.2, 0.25) is 17.8 Å². The number of nitrogens with zero attached hydrogens (tertiary/aromatic N) is 7. The van der Waals surface area contributed by atoms with Crippen molar-refractivity contribution in [3.63, 3.8) is 0 Å². The van der Waals surface area contributed by atoms with E-state index in [9.17, 15) is 4.79 Å². The largest absolute Gasteiger partial charge is 0.368 e. The molecule has 0 radical (unpaired) electrons. The Kier molecular flexibility index (Phi) is 3.38. The van der Waals surface area contributed by atoms with E-state index in [1.165, 1.54) is 4.68 Å². The van der Waals surface area contributed by atoms with Crippen LogP contribution in [0.15, 0.2) is 18.5 Å². The highest BCUT2D eigenvalue weighted by atomic mass is 16.2. The lowest BCUT2D eigenvalue weighted by atomic mass is 10.4. The number of nitrogens with two attached hydrogens (primary N) is 1. The average molecular weight is 288 g/mol. The zero-order valence-corrected chi connectivity index (χ0v) is 11.7. The van der Waals surface area contributed by atoms with Crippen molar-refractivity contribution in [2.24, 2.45) is 0 Å². The molecule has 1 fully saturated rings. The van der Waals surface area contributed by atoms with Crippen molar-refractivity contribution < 1.29 is 4.79 Å². The standard InChI is InChI=1S/C12H16N8O/c1-18-5-3-6-19(8-9(18)21)11-15-10(13)16-12(17-11)20-7-2-4-14-20/h2,4,7H,3,5-6,8H2,1H3,(H2,13,15,16,17). The van der Waals surface area contributed by atoms with Gasteiger partial charge in [-0.1, -0.05) is 0 Å². The maximum atomic E-state index is 12.0. The van der Waals surface area contributed by atoms with Crippen LogP contribution in [-0.4, -0.2) is 62.2 Å². The molecule has 0 aliphatic carbocycles. The van der Waals surface area contributed by atoms with Crippen LogP contribution in [0.1, 0.15) is 6.42 Å². The Labute approximate surface area is 121 Å². The van der Waals surface area contributed by atoms with Crippen molar-refractivity contribution in [1.29, 1.82) is 0 Å². The van der Waals surface area contributed by atoms with Crippen molar-refractivity contribution in [3.8, 4) is 5.95 Å². The van der Waals surface area contributed by atoms with Crippen molar-refractivity contribution >= 4 is 17.8 Å². The lowest BCUT2D eigenvalue weighted by molar-refractivity contribution is -0.127. The Morgan fingerprint density at radius 1 is 1.19 bits per heavy atom. The van der Waals surface area contributed by atoms with E-state index in [0.29, 0.717) is 18.4 Å². The molecule has 0 bridgehead atoms. The lowest BCUT2D eigenvalue weighted by Crippen LogP contribution is -2.35. The molecule has 0 aromatic carbocycles. The number of nitrogen functional groups attached to an aromatic ring is 1. The fraction of sp³-hybridized carbons (Fsp3) is 0.417. The first kappa shape index (κ1) is 13.3. The first-order valence-electron chi connectivity index (χ1n) is 6.64. The maximum Gasteiger partial charge on any atom is 0.257 e. The van der Waals surface area contributed by atoms with Gasteiger partial charge < -0.3 is 15.5 Å². The molecule has 0 saturated carbocycles. The number of amides is 1. The number of aromatic nitrogens is 5. The third-order valence-electron chi connectivity index (χ3n) is 3.29. The zero-order chi connectivity index (χ0) is 14.8. The SMILES string of the molecule is CN1CCCN(c2nc(N)nc(-n3cccn3)n2)CC1=O. The number of carbonyl (C=O) groups is 1. The van der Waals surface area contributed by atoms with Gasteiger partial charge in [0, 0.05) is 32.5 Å². The number of anilines is 2. The van der Waals surface area contributed by atoms with Gasteiger partial charge in [0.05, 0.1) is 6.54 Å². The van der Waals surface area contributed by atoms with E-state index in [1.807, 2.05) is 4.90 Å². The summed E-state index contributed by atoms with van der Waals surface area (Å²) in [5.41, 5.74) is 5.75. The minimum atomic E-state index is 0.0344. The number of carbonyl (C=O) groups excluding carboxylic acids is 1. The van der Waals surface area contributed by atoms with Crippen LogP contribution in [0.25, 0.3) is 5.95 Å². The Bertz CT molecular complexity index is 641. The summed E-state index contributed by atoms with van der Waals surface area (Å²) >= 11 is 0. The van der Waals surface area contributed by atoms with Crippen LogP contribution in [0.5, 0.6) is 0 Å². The minimum Gasteiger partial charge on any atom is -0.368 e. The Morgan fingerprint density at radius 3 is 2.76 bits per heavy atom. The molecule has 110 valence electrons. The smallest absolute Gasteiger partial charge is 0.257 e. The summed E-state index contributed by atoms with van der Waals surface area (Å²) in [6.07, 6.45) is 4.20. The van der Waals surface area contributed by atoms with Crippen molar-refractivity contribution in [1.82, 2.24) is 29.6 Å². The minimum absolute atomic E-state index is 0.0344. The van der Waals surface area contributed by atoms with Crippen LogP contribution in [0.4, 0.5) is 11.9 Å². The van der Waals surface area contributed by atoms with Crippen LogP contribution in [-0.2, 0) is 4.79 Å². The second kappa shape index (κ2) is 5.35. The van der Waals surface area contributed by atoms with Gasteiger partial charge in [0.15, 0.2) is 0 Å². The molecule has 2 N–H and O–H groups in total. The van der Waals surface area contributed by atoms with E-state index >= 15 is 0 Å². The highest BCUT2D eigenvalue weighted by Gasteiger charge is 2.22. The van der Waals surface area contributed by atoms with Crippen LogP contribution in [0.3, 0.4) is 0 Å². The van der Waals surface area contributed by atoms with Crippen molar-refractivity contribution in [2.45, 2.75) is 6.42 Å². The number of likely N-dealkylation sites (N-methyl/N-ethyl adjacent to an activating group) is 1. The summed E-state index contributed by atoms with van der Waals surface area (Å²) in [6, 6.07) is 1.77. The molecule has 0 spiro atoms. The van der Waals surface area contributed by atoms with Crippen LogP contribution < -0.4 is 10.6 Å². The summed E-state index contributed by atoms with van der Waals surface area (Å²) in [5, 5.41) is 4.07. The van der Waals surface area contributed by atoms with E-state index in [-0.39, 0.29) is 18.4 Å². The fourth-order valence-corrected chi connectivity index (χ4v) is 2.16. The summed E-state index contributed by atoms with van der Waals surface area (Å²) in [6.45, 7) is 1.65. The van der Waals surface area contributed by atoms with Gasteiger partial charge in [0.25, 0.3) is 5.95 Å². The van der Waals surface area contributed by atoms with E-state index in [4.69, 9.17) is 5.73 Å². The molecule has 21 heavy (non-hydrogen) atoms. The van der Waals surface area contributed by atoms with Crippen molar-refractivity contribution in [3.05, 3.63) is 18.5 Å². The second-order valence-electron chi connectivity index (χ2n) is 4.83. The maximum absolute atomic E-state index is 12.0. The fourth-order valence-electron chi connectivity index (χ4n) is 2.16. The average Bonchev–Trinajstić information content (AvgIpc) is 2.94. The molecule has 0 unspecified atom stereocenters. The number of hydrogen-bond donors (Lipinski definition) is 1. The van der Waals surface area contributed by atoms with E-state index < -0.39 is 0 Å². The quantitative estimate of drug-likeness (QED) is 0.779. The van der Waals surface area contributed by atoms with Gasteiger partial charge in [-0.3, -0.25) is 4.79 Å². The second-order valence-corrected chi connectivity index (χ2v) is 4.83. The van der Waals surface area contributed by atoms with Gasteiger partial charge in [-0.25, -0.2) is 4.68 Å². The van der Waals surface area contributed by atoms with Gasteiger partial charge >= 0.3 is 0 Å². The van der Waals surface area contributed by atoms with E-state index in [2.05, 4.69) is 20.1 Å². The molecule has 1 aliphatic heterocycles. The molecule has 2 aromatic rings. The van der Waals surface area contributed by atoms with Gasteiger partial charge in [0.1, 0.15) is 0 Å². The monoisotopic (exact) mass is 288 g/mol. The van der Waals surface area contributed by atoms with Crippen LogP contribution in [0, 0.1) is 0 Å². The van der Waals surface area contributed by atoms with Crippen molar-refractivity contribution in [2.75, 3.05) is 37.3 Å². The third kappa shape index (κ3) is 2.76. The zero-order valence-electron chi connectivity index (χ0n) is 11.7. The molecular weight excluding hydrogens is 272 g/mol. The topological polar surface area (TPSA) is 106 Å². The van der Waals surface area contributed by atoms with Gasteiger partial charge in [-0.2, -0.15) is 20.1 Å². The molecule has 1 amide bonds. The molecule has 3 heterocycles. The predicted molar refractivity (Wildman–Crippen MR) is 75.8 cm³/mol. The molecule has 9 heteroatoms. The third-order valence-corrected chi connectivity index (χ3v) is 3.29. The molecular formula is C12H16N8O. The van der Waals surface area contributed by atoms with Gasteiger partial charge in [-0.05, 0) is 12.5 Å². The van der Waals surface area contributed by atoms with E-state index in [0.717, 1.165) is 13.0 Å². The summed E-state index contributed by atoms with van der Waals surface area (Å²) in [4.78, 5) is 28.0. The molecule has 0 atom stereocenters. The van der Waals surface area contributed by atoms with Gasteiger partial charge in [-0.15, -0.1) is 0 Å². The number of rotatable bonds is 2. The van der Waals surface area contributed by atoms with E-state index in [1.54, 1.807) is 30.4 Å². The van der Waals surface area contributed by atoms with Crippen LogP contribution >= 0.6 is 0 Å². The molecule has 1 aliphatic rings. The first-order chi connectivity index (χ1) is 10.1. The number of hydrogen-bond acceptors (Lipinski definition) is 7. The molecule has 1 saturated heterocycles. The lowest BCUT2D eigenvalue weighted by Gasteiger charge is -2.19. The Hall–Kier alpha value is -2.71. The Balaban J connectivity index is 1.93. The molecule has 9 nitrogen and oxygen atoms in total. The van der Waals surface area contributed by atoms with Crippen LogP contribution in [0.2, 0.25) is 0 Å². The highest BCUT2D eigenvalue weighted by Crippen LogP contribution is 2.14. The summed E-state index contributed by atoms with van der Waals surface area (Å²) < 4.78 is 1.51. The summed E-state index contributed by atoms with van der Waals surface area (Å²) in [5.74, 6) is 0.881. The Morgan fingerprint density at radius 2 is 2.00 bits per heavy atom. The highest BCUT2D eigenvalue weighted by molar-refractivity contribution is 5.81. The predicted octanol–water partition coefficient (Wildman–Crippen LogP) is -0.692. The normalized spacial score (nSPS) is 16.1. The first-order valence-corrected chi connectivity index (χ1v) is 6.64. The summed E-state index contributed by atoms with van der Waals surface area (Å²) in [7, 11) is 1.79.